The summed E-state index contributed by atoms with van der Waals surface area (Å²) in [5.41, 5.74) is 0.573. The summed E-state index contributed by atoms with van der Waals surface area (Å²) in [5.74, 6) is -0.810. The number of carbonyl (C=O) groups is 2. The Balaban J connectivity index is 1.68. The Morgan fingerprint density at radius 2 is 2.11 bits per heavy atom. The van der Waals surface area contributed by atoms with Crippen LogP contribution in [0, 0.1) is 6.92 Å². The van der Waals surface area contributed by atoms with E-state index >= 15 is 0 Å². The molecule has 0 saturated carbocycles. The first-order valence-corrected chi connectivity index (χ1v) is 9.82. The minimum Gasteiger partial charge on any atom is -0.462 e. The quantitative estimate of drug-likeness (QED) is 0.486. The molecular weight excluding hydrogens is 378 g/mol. The molecule has 0 fully saturated rings. The predicted octanol–water partition coefficient (Wildman–Crippen LogP) is 3.36. The molecule has 1 amide bonds. The first-order chi connectivity index (χ1) is 13.5. The van der Waals surface area contributed by atoms with Crippen LogP contribution >= 0.6 is 11.3 Å². The van der Waals surface area contributed by atoms with Crippen molar-refractivity contribution in [3.8, 4) is 0 Å². The van der Waals surface area contributed by atoms with E-state index < -0.39 is 5.97 Å². The van der Waals surface area contributed by atoms with E-state index in [1.165, 1.54) is 22.2 Å². The van der Waals surface area contributed by atoms with Gasteiger partial charge in [0.1, 0.15) is 11.4 Å². The zero-order chi connectivity index (χ0) is 20.1. The summed E-state index contributed by atoms with van der Waals surface area (Å²) in [6.45, 7) is 4.12. The molecule has 0 spiro atoms. The second-order valence-electron chi connectivity index (χ2n) is 6.37. The van der Waals surface area contributed by atoms with Crippen LogP contribution in [-0.2, 0) is 16.1 Å². The maximum atomic E-state index is 12.5. The van der Waals surface area contributed by atoms with Crippen molar-refractivity contribution < 1.29 is 14.3 Å². The fraction of sp³-hybridized carbons (Fsp3) is 0.300. The van der Waals surface area contributed by atoms with E-state index in [4.69, 9.17) is 4.74 Å². The highest BCUT2D eigenvalue weighted by Gasteiger charge is 2.12. The summed E-state index contributed by atoms with van der Waals surface area (Å²) in [6, 6.07) is 8.30. The molecule has 1 N–H and O–H groups in total. The Morgan fingerprint density at radius 3 is 2.89 bits per heavy atom. The number of rotatable bonds is 7. The van der Waals surface area contributed by atoms with Gasteiger partial charge in [0.25, 0.3) is 5.56 Å². The van der Waals surface area contributed by atoms with Crippen LogP contribution in [0.1, 0.15) is 35.0 Å². The van der Waals surface area contributed by atoms with Gasteiger partial charge in [0.2, 0.25) is 5.91 Å². The largest absolute Gasteiger partial charge is 0.462 e. The highest BCUT2D eigenvalue weighted by molar-refractivity contribution is 7.18. The summed E-state index contributed by atoms with van der Waals surface area (Å²) in [5, 5.41) is 3.21. The van der Waals surface area contributed by atoms with Crippen molar-refractivity contribution in [2.24, 2.45) is 0 Å². The number of carbonyl (C=O) groups excluding carboxylic acids is 2. The van der Waals surface area contributed by atoms with E-state index in [1.54, 1.807) is 30.3 Å². The average Bonchev–Trinajstić information content (AvgIpc) is 3.06. The van der Waals surface area contributed by atoms with Gasteiger partial charge < -0.3 is 10.1 Å². The molecule has 3 rings (SSSR count). The molecule has 0 bridgehead atoms. The highest BCUT2D eigenvalue weighted by atomic mass is 32.1. The van der Waals surface area contributed by atoms with Crippen molar-refractivity contribution in [1.82, 2.24) is 9.55 Å². The second-order valence-corrected chi connectivity index (χ2v) is 7.61. The number of nitrogens with one attached hydrogen (secondary N) is 1. The Hall–Kier alpha value is -3.00. The van der Waals surface area contributed by atoms with Crippen LogP contribution in [0.4, 0.5) is 5.69 Å². The zero-order valence-corrected chi connectivity index (χ0v) is 16.5. The number of thiophene rings is 1. The molecule has 7 nitrogen and oxygen atoms in total. The van der Waals surface area contributed by atoms with Crippen LogP contribution in [0.2, 0.25) is 0 Å². The molecule has 2 heterocycles. The summed E-state index contributed by atoms with van der Waals surface area (Å²) in [4.78, 5) is 42.8. The smallest absolute Gasteiger partial charge is 0.338 e. The Labute approximate surface area is 166 Å². The topological polar surface area (TPSA) is 90.3 Å². The lowest BCUT2D eigenvalue weighted by Crippen LogP contribution is -2.27. The SMILES string of the molecule is CCCCOC(=O)c1cccc(NC(=O)Cn2cnc3sc(C)cc3c2=O)c1. The molecule has 0 aliphatic heterocycles. The Kier molecular flexibility index (Phi) is 6.20. The van der Waals surface area contributed by atoms with Crippen LogP contribution in [0.5, 0.6) is 0 Å². The third-order valence-electron chi connectivity index (χ3n) is 4.07. The van der Waals surface area contributed by atoms with Gasteiger partial charge in [-0.25, -0.2) is 9.78 Å². The number of unbranched alkanes of at least 4 members (excludes halogenated alkanes) is 1. The van der Waals surface area contributed by atoms with Gasteiger partial charge in [0, 0.05) is 10.6 Å². The van der Waals surface area contributed by atoms with Crippen LogP contribution in [0.3, 0.4) is 0 Å². The Morgan fingerprint density at radius 1 is 1.29 bits per heavy atom. The number of nitrogens with zero attached hydrogens (tertiary/aromatic N) is 2. The molecule has 3 aromatic rings. The average molecular weight is 399 g/mol. The lowest BCUT2D eigenvalue weighted by Gasteiger charge is -2.09. The van der Waals surface area contributed by atoms with E-state index in [1.807, 2.05) is 13.8 Å². The second kappa shape index (κ2) is 8.79. The predicted molar refractivity (Wildman–Crippen MR) is 109 cm³/mol. The number of hydrogen-bond donors (Lipinski definition) is 1. The molecule has 0 atom stereocenters. The van der Waals surface area contributed by atoms with Crippen molar-refractivity contribution in [3.05, 3.63) is 57.5 Å². The number of benzene rings is 1. The van der Waals surface area contributed by atoms with E-state index in [9.17, 15) is 14.4 Å². The first kappa shape index (κ1) is 19.8. The van der Waals surface area contributed by atoms with Crippen LogP contribution < -0.4 is 10.9 Å². The van der Waals surface area contributed by atoms with Gasteiger partial charge in [-0.15, -0.1) is 11.3 Å². The molecule has 2 aromatic heterocycles. The van der Waals surface area contributed by atoms with E-state index in [0.717, 1.165) is 17.7 Å². The fourth-order valence-corrected chi connectivity index (χ4v) is 3.50. The van der Waals surface area contributed by atoms with Crippen molar-refractivity contribution in [3.63, 3.8) is 0 Å². The lowest BCUT2D eigenvalue weighted by atomic mass is 10.2. The highest BCUT2D eigenvalue weighted by Crippen LogP contribution is 2.19. The third kappa shape index (κ3) is 4.64. The normalized spacial score (nSPS) is 10.8. The van der Waals surface area contributed by atoms with Crippen molar-refractivity contribution in [1.29, 1.82) is 0 Å². The molecule has 1 aromatic carbocycles. The summed E-state index contributed by atoms with van der Waals surface area (Å²) in [7, 11) is 0. The van der Waals surface area contributed by atoms with Crippen LogP contribution in [0.15, 0.2) is 41.5 Å². The minimum absolute atomic E-state index is 0.165. The zero-order valence-electron chi connectivity index (χ0n) is 15.7. The molecule has 0 saturated heterocycles. The number of anilines is 1. The monoisotopic (exact) mass is 399 g/mol. The summed E-state index contributed by atoms with van der Waals surface area (Å²) in [6.07, 6.45) is 3.12. The first-order valence-electron chi connectivity index (χ1n) is 9.00. The maximum absolute atomic E-state index is 12.5. The molecule has 28 heavy (non-hydrogen) atoms. The van der Waals surface area contributed by atoms with Crippen LogP contribution in [-0.4, -0.2) is 28.0 Å². The van der Waals surface area contributed by atoms with E-state index in [0.29, 0.717) is 28.1 Å². The maximum Gasteiger partial charge on any atom is 0.338 e. The third-order valence-corrected chi connectivity index (χ3v) is 5.03. The van der Waals surface area contributed by atoms with Gasteiger partial charge in [0.05, 0.1) is 23.9 Å². The van der Waals surface area contributed by atoms with Crippen molar-refractivity contribution >= 4 is 39.1 Å². The molecule has 8 heteroatoms. The summed E-state index contributed by atoms with van der Waals surface area (Å²) >= 11 is 1.44. The number of fused-ring (bicyclic) bond motifs is 1. The van der Waals surface area contributed by atoms with Crippen molar-refractivity contribution in [2.75, 3.05) is 11.9 Å². The number of esters is 1. The minimum atomic E-state index is -0.428. The van der Waals surface area contributed by atoms with E-state index in [-0.39, 0.29) is 18.0 Å². The number of ether oxygens (including phenoxy) is 1. The Bertz CT molecular complexity index is 1070. The van der Waals surface area contributed by atoms with Crippen LogP contribution in [0.25, 0.3) is 10.2 Å². The number of hydrogen-bond acceptors (Lipinski definition) is 6. The molecule has 0 aliphatic carbocycles. The van der Waals surface area contributed by atoms with Gasteiger partial charge in [-0.3, -0.25) is 14.2 Å². The van der Waals surface area contributed by atoms with E-state index in [2.05, 4.69) is 10.3 Å². The molecule has 146 valence electrons. The number of aryl methyl sites for hydroxylation is 1. The fourth-order valence-electron chi connectivity index (χ4n) is 2.66. The van der Waals surface area contributed by atoms with Gasteiger partial charge >= 0.3 is 5.97 Å². The molecule has 0 aliphatic rings. The number of amides is 1. The number of aromatic nitrogens is 2. The molecule has 0 radical (unpaired) electrons. The van der Waals surface area contributed by atoms with Gasteiger partial charge in [-0.1, -0.05) is 19.4 Å². The van der Waals surface area contributed by atoms with Gasteiger partial charge in [-0.05, 0) is 37.6 Å². The van der Waals surface area contributed by atoms with Crippen molar-refractivity contribution in [2.45, 2.75) is 33.2 Å². The van der Waals surface area contributed by atoms with Gasteiger partial charge in [0.15, 0.2) is 0 Å². The van der Waals surface area contributed by atoms with Gasteiger partial charge in [-0.2, -0.15) is 0 Å². The summed E-state index contributed by atoms with van der Waals surface area (Å²) < 4.78 is 6.45. The standard InChI is InChI=1S/C20H21N3O4S/c1-3-4-8-27-20(26)14-6-5-7-15(10-14)22-17(24)11-23-12-21-18-16(19(23)25)9-13(2)28-18/h5-7,9-10,12H,3-4,8,11H2,1-2H3,(H,22,24). The molecular formula is C20H21N3O4S. The lowest BCUT2D eigenvalue weighted by molar-refractivity contribution is -0.116. The molecule has 0 unspecified atom stereocenters.